The summed E-state index contributed by atoms with van der Waals surface area (Å²) in [5, 5.41) is 0. The van der Waals surface area contributed by atoms with E-state index >= 15 is 0 Å². The average Bonchev–Trinajstić information content (AvgIpc) is 2.42. The standard InChI is InChI=1S/C10H9BBr2F2O6/c1-19-8(17)4-3-5(9(18)20-2)10(12,13)7(16)6(4)21-11(14)15/h5H,3H2,1-2H3. The first kappa shape index (κ1) is 18.1. The van der Waals surface area contributed by atoms with Crippen molar-refractivity contribution in [3.05, 3.63) is 11.3 Å². The van der Waals surface area contributed by atoms with E-state index in [1.54, 1.807) is 0 Å². The molecule has 21 heavy (non-hydrogen) atoms. The van der Waals surface area contributed by atoms with Crippen LogP contribution in [-0.2, 0) is 28.5 Å². The summed E-state index contributed by atoms with van der Waals surface area (Å²) in [6, 6.07) is 0. The molecular formula is C10H9BBr2F2O6. The maximum atomic E-state index is 12.4. The van der Waals surface area contributed by atoms with E-state index in [4.69, 9.17) is 0 Å². The van der Waals surface area contributed by atoms with E-state index in [-0.39, 0.29) is 6.42 Å². The zero-order valence-electron chi connectivity index (χ0n) is 10.8. The van der Waals surface area contributed by atoms with Crippen LogP contribution in [0.3, 0.4) is 0 Å². The number of ether oxygens (including phenoxy) is 2. The number of halogens is 4. The molecule has 0 aliphatic heterocycles. The summed E-state index contributed by atoms with van der Waals surface area (Å²) in [6.07, 6.45) is -0.371. The second kappa shape index (κ2) is 6.86. The van der Waals surface area contributed by atoms with Crippen molar-refractivity contribution in [3.63, 3.8) is 0 Å². The highest BCUT2D eigenvalue weighted by Gasteiger charge is 2.54. The van der Waals surface area contributed by atoms with Crippen molar-refractivity contribution in [3.8, 4) is 0 Å². The third-order valence-electron chi connectivity index (χ3n) is 2.75. The smallest absolute Gasteiger partial charge is 0.502 e. The van der Waals surface area contributed by atoms with Crippen molar-refractivity contribution in [2.75, 3.05) is 14.2 Å². The fraction of sp³-hybridized carbons (Fsp3) is 0.500. The van der Waals surface area contributed by atoms with E-state index in [1.165, 1.54) is 0 Å². The lowest BCUT2D eigenvalue weighted by atomic mass is 9.86. The third-order valence-corrected chi connectivity index (χ3v) is 4.58. The van der Waals surface area contributed by atoms with E-state index in [1.807, 2.05) is 0 Å². The van der Waals surface area contributed by atoms with Gasteiger partial charge in [0.25, 0.3) is 0 Å². The highest BCUT2D eigenvalue weighted by molar-refractivity contribution is 9.26. The molecule has 0 N–H and O–H groups in total. The van der Waals surface area contributed by atoms with Crippen LogP contribution in [0.1, 0.15) is 6.42 Å². The number of Topliss-reactive ketones (excluding diaryl/α,β-unsaturated/α-hetero) is 1. The van der Waals surface area contributed by atoms with Crippen LogP contribution in [-0.4, -0.2) is 42.6 Å². The Bertz CT molecular complexity index is 508. The topological polar surface area (TPSA) is 78.9 Å². The minimum atomic E-state index is -3.31. The highest BCUT2D eigenvalue weighted by atomic mass is 79.9. The molecular weight excluding hydrogens is 425 g/mol. The molecule has 0 aromatic rings. The van der Waals surface area contributed by atoms with Crippen LogP contribution < -0.4 is 0 Å². The van der Waals surface area contributed by atoms with Crippen LogP contribution in [0.2, 0.25) is 0 Å². The van der Waals surface area contributed by atoms with Gasteiger partial charge in [-0.25, -0.2) is 13.4 Å². The Balaban J connectivity index is 3.38. The lowest BCUT2D eigenvalue weighted by molar-refractivity contribution is -0.148. The fourth-order valence-electron chi connectivity index (χ4n) is 1.76. The second-order valence-corrected chi connectivity index (χ2v) is 7.48. The maximum Gasteiger partial charge on any atom is 0.796 e. The van der Waals surface area contributed by atoms with Crippen LogP contribution in [0.25, 0.3) is 0 Å². The van der Waals surface area contributed by atoms with Gasteiger partial charge in [-0.3, -0.25) is 9.59 Å². The fourth-order valence-corrected chi connectivity index (χ4v) is 2.82. The Labute approximate surface area is 135 Å². The Hall–Kier alpha value is -0.965. The molecule has 0 amide bonds. The van der Waals surface area contributed by atoms with Crippen LogP contribution in [0.15, 0.2) is 11.3 Å². The van der Waals surface area contributed by atoms with Gasteiger partial charge in [-0.15, -0.1) is 0 Å². The molecule has 0 bridgehead atoms. The van der Waals surface area contributed by atoms with E-state index < -0.39 is 45.7 Å². The molecule has 0 saturated carbocycles. The molecule has 0 spiro atoms. The number of ketones is 1. The van der Waals surface area contributed by atoms with Crippen molar-refractivity contribution in [1.82, 2.24) is 0 Å². The summed E-state index contributed by atoms with van der Waals surface area (Å²) in [6.45, 7) is 0. The number of carbonyl (C=O) groups is 3. The molecule has 1 atom stereocenters. The van der Waals surface area contributed by atoms with E-state index in [9.17, 15) is 23.0 Å². The Morgan fingerprint density at radius 1 is 1.29 bits per heavy atom. The first-order valence-electron chi connectivity index (χ1n) is 5.43. The Kier molecular flexibility index (Phi) is 5.91. The molecule has 116 valence electrons. The van der Waals surface area contributed by atoms with Crippen LogP contribution >= 0.6 is 31.9 Å². The zero-order valence-corrected chi connectivity index (χ0v) is 14.0. The maximum absolute atomic E-state index is 12.4. The summed E-state index contributed by atoms with van der Waals surface area (Å²) in [7, 11) is -1.21. The van der Waals surface area contributed by atoms with Crippen molar-refractivity contribution in [1.29, 1.82) is 0 Å². The number of hydrogen-bond acceptors (Lipinski definition) is 6. The lowest BCUT2D eigenvalue weighted by Gasteiger charge is -2.33. The van der Waals surface area contributed by atoms with Gasteiger partial charge in [-0.1, -0.05) is 31.9 Å². The molecule has 1 rings (SSSR count). The average molecular weight is 434 g/mol. The van der Waals surface area contributed by atoms with Crippen molar-refractivity contribution >= 4 is 57.1 Å². The van der Waals surface area contributed by atoms with Gasteiger partial charge in [0.1, 0.15) is 0 Å². The minimum absolute atomic E-state index is 0.371. The monoisotopic (exact) mass is 432 g/mol. The van der Waals surface area contributed by atoms with Gasteiger partial charge in [-0.05, 0) is 6.42 Å². The predicted molar refractivity (Wildman–Crippen MR) is 73.8 cm³/mol. The van der Waals surface area contributed by atoms with Gasteiger partial charge in [0.05, 0.1) is 25.7 Å². The predicted octanol–water partition coefficient (Wildman–Crippen LogP) is 1.60. The Morgan fingerprint density at radius 2 is 1.86 bits per heavy atom. The third kappa shape index (κ3) is 3.63. The van der Waals surface area contributed by atoms with Crippen LogP contribution in [0.5, 0.6) is 0 Å². The molecule has 0 heterocycles. The molecule has 11 heteroatoms. The van der Waals surface area contributed by atoms with Crippen molar-refractivity contribution < 1.29 is 37.1 Å². The second-order valence-electron chi connectivity index (χ2n) is 3.91. The highest BCUT2D eigenvalue weighted by Crippen LogP contribution is 2.46. The van der Waals surface area contributed by atoms with Gasteiger partial charge in [-0.2, -0.15) is 0 Å². The van der Waals surface area contributed by atoms with Gasteiger partial charge in [0, 0.05) is 0 Å². The summed E-state index contributed by atoms with van der Waals surface area (Å²) < 4.78 is 36.2. The normalized spacial score (nSPS) is 20.9. The largest absolute Gasteiger partial charge is 0.796 e. The molecule has 1 unspecified atom stereocenters. The summed E-state index contributed by atoms with van der Waals surface area (Å²) in [4.78, 5) is 35.6. The van der Waals surface area contributed by atoms with E-state index in [0.717, 1.165) is 14.2 Å². The van der Waals surface area contributed by atoms with Gasteiger partial charge < -0.3 is 14.1 Å². The summed E-state index contributed by atoms with van der Waals surface area (Å²) in [5.41, 5.74) is -0.451. The van der Waals surface area contributed by atoms with Crippen LogP contribution in [0.4, 0.5) is 8.63 Å². The van der Waals surface area contributed by atoms with E-state index in [2.05, 4.69) is 46.0 Å². The molecule has 0 saturated heterocycles. The van der Waals surface area contributed by atoms with Gasteiger partial charge >= 0.3 is 19.4 Å². The number of hydrogen-bond donors (Lipinski definition) is 0. The Morgan fingerprint density at radius 3 is 2.29 bits per heavy atom. The molecule has 1 aliphatic carbocycles. The van der Waals surface area contributed by atoms with E-state index in [0.29, 0.717) is 0 Å². The van der Waals surface area contributed by atoms with Crippen LogP contribution in [0, 0.1) is 5.92 Å². The number of esters is 2. The van der Waals surface area contributed by atoms with Gasteiger partial charge in [0.15, 0.2) is 8.99 Å². The lowest BCUT2D eigenvalue weighted by Crippen LogP contribution is -2.46. The van der Waals surface area contributed by atoms with Gasteiger partial charge in [0.2, 0.25) is 5.78 Å². The number of methoxy groups -OCH3 is 2. The van der Waals surface area contributed by atoms with Crippen molar-refractivity contribution in [2.24, 2.45) is 5.92 Å². The zero-order chi connectivity index (χ0) is 16.4. The summed E-state index contributed by atoms with van der Waals surface area (Å²) >= 11 is 5.90. The summed E-state index contributed by atoms with van der Waals surface area (Å²) in [5.74, 6) is -4.90. The number of alkyl halides is 2. The molecule has 0 radical (unpaired) electrons. The first-order valence-corrected chi connectivity index (χ1v) is 7.02. The molecule has 0 aromatic carbocycles. The number of allylic oxidation sites excluding steroid dienone is 1. The molecule has 0 fully saturated rings. The quantitative estimate of drug-likeness (QED) is 0.381. The number of rotatable bonds is 4. The minimum Gasteiger partial charge on any atom is -0.502 e. The molecule has 6 nitrogen and oxygen atoms in total. The van der Waals surface area contributed by atoms with Crippen molar-refractivity contribution in [2.45, 2.75) is 9.65 Å². The first-order chi connectivity index (χ1) is 9.66. The number of carbonyl (C=O) groups excluding carboxylic acids is 3. The molecule has 0 aromatic heterocycles. The molecule has 1 aliphatic rings. The SMILES string of the molecule is COC(=O)C1=C(OB(F)F)C(=O)C(Br)(Br)C(C(=O)OC)C1.